The lowest BCUT2D eigenvalue weighted by Crippen LogP contribution is -2.05. The molecule has 1 N–H and O–H groups in total. The van der Waals surface area contributed by atoms with Gasteiger partial charge in [0, 0.05) is 11.3 Å². The predicted octanol–water partition coefficient (Wildman–Crippen LogP) is 3.61. The molecule has 3 aromatic rings. The van der Waals surface area contributed by atoms with E-state index in [1.54, 1.807) is 19.1 Å². The molecule has 8 nitrogen and oxygen atoms in total. The summed E-state index contributed by atoms with van der Waals surface area (Å²) in [6.07, 6.45) is 1.44. The summed E-state index contributed by atoms with van der Waals surface area (Å²) in [6.45, 7) is 2.15. The maximum atomic E-state index is 12.0. The van der Waals surface area contributed by atoms with E-state index in [-0.39, 0.29) is 19.1 Å². The molecule has 0 fully saturated rings. The summed E-state index contributed by atoms with van der Waals surface area (Å²) in [4.78, 5) is 12.0. The summed E-state index contributed by atoms with van der Waals surface area (Å²) in [5, 5.41) is 2.85. The van der Waals surface area contributed by atoms with Crippen molar-refractivity contribution in [2.45, 2.75) is 13.5 Å². The van der Waals surface area contributed by atoms with Gasteiger partial charge in [-0.05, 0) is 48.4 Å². The quantitative estimate of drug-likeness (QED) is 0.285. The van der Waals surface area contributed by atoms with Gasteiger partial charge in [0.15, 0.2) is 0 Å². The molecular weight excluding hydrogens is 410 g/mol. The summed E-state index contributed by atoms with van der Waals surface area (Å²) in [5.74, 6) is 0.252. The highest BCUT2D eigenvalue weighted by Crippen LogP contribution is 2.29. The van der Waals surface area contributed by atoms with Crippen LogP contribution < -0.4 is 10.1 Å². The van der Waals surface area contributed by atoms with Crippen LogP contribution in [0.4, 0.5) is 5.69 Å². The third-order valence-corrected chi connectivity index (χ3v) is 4.39. The predicted molar refractivity (Wildman–Crippen MR) is 111 cm³/mol. The van der Waals surface area contributed by atoms with Gasteiger partial charge in [-0.15, -0.1) is 0 Å². The lowest BCUT2D eigenvalue weighted by Gasteiger charge is -2.10. The molecule has 0 saturated carbocycles. The standard InChI is InChI=1S/C21H21NO7S/c1-2-26-21(23)20-19(9-10-27-20)16-6-4-8-18(12-16)28-13-15-5-3-7-17(11-15)22-14-29-30(24)25/h3-12,22,30H,2,13-14H2,1H3. The fourth-order valence-electron chi connectivity index (χ4n) is 2.75. The Bertz CT molecular complexity index is 1070. The third kappa shape index (κ3) is 5.85. The summed E-state index contributed by atoms with van der Waals surface area (Å²) in [7, 11) is -2.89. The zero-order valence-corrected chi connectivity index (χ0v) is 17.1. The van der Waals surface area contributed by atoms with Crippen LogP contribution in [0.2, 0.25) is 0 Å². The van der Waals surface area contributed by atoms with Crippen molar-refractivity contribution in [1.82, 2.24) is 0 Å². The number of furan rings is 1. The van der Waals surface area contributed by atoms with Crippen LogP contribution in [0.15, 0.2) is 65.3 Å². The first-order valence-electron chi connectivity index (χ1n) is 9.14. The van der Waals surface area contributed by atoms with Crippen molar-refractivity contribution in [2.24, 2.45) is 0 Å². The largest absolute Gasteiger partial charge is 0.489 e. The van der Waals surface area contributed by atoms with Gasteiger partial charge in [0.2, 0.25) is 5.76 Å². The number of carbonyl (C=O) groups is 1. The lowest BCUT2D eigenvalue weighted by atomic mass is 10.1. The minimum absolute atomic E-state index is 0.140. The number of thiol groups is 1. The number of rotatable bonds is 10. The molecule has 0 saturated heterocycles. The van der Waals surface area contributed by atoms with E-state index in [2.05, 4.69) is 9.50 Å². The smallest absolute Gasteiger partial charge is 0.374 e. The summed E-state index contributed by atoms with van der Waals surface area (Å²) >= 11 is 0. The molecule has 0 radical (unpaired) electrons. The second-order valence-electron chi connectivity index (χ2n) is 6.07. The van der Waals surface area contributed by atoms with Gasteiger partial charge in [0.05, 0.1) is 12.9 Å². The number of hydrogen-bond donors (Lipinski definition) is 2. The van der Waals surface area contributed by atoms with Crippen LogP contribution in [0.25, 0.3) is 11.1 Å². The van der Waals surface area contributed by atoms with Crippen LogP contribution in [0.5, 0.6) is 5.75 Å². The first kappa shape index (κ1) is 21.4. The van der Waals surface area contributed by atoms with Gasteiger partial charge in [-0.25, -0.2) is 13.2 Å². The molecule has 0 spiro atoms. The molecular formula is C21H21NO7S. The molecule has 158 valence electrons. The Hall–Kier alpha value is -3.30. The maximum Gasteiger partial charge on any atom is 0.374 e. The Morgan fingerprint density at radius 1 is 1.10 bits per heavy atom. The van der Waals surface area contributed by atoms with E-state index >= 15 is 0 Å². The van der Waals surface area contributed by atoms with Crippen molar-refractivity contribution >= 4 is 22.6 Å². The van der Waals surface area contributed by atoms with E-state index < -0.39 is 17.0 Å². The van der Waals surface area contributed by atoms with E-state index in [1.807, 2.05) is 42.5 Å². The molecule has 9 heteroatoms. The second kappa shape index (κ2) is 10.5. The molecule has 2 aromatic carbocycles. The summed E-state index contributed by atoms with van der Waals surface area (Å²) in [5.41, 5.74) is 2.98. The van der Waals surface area contributed by atoms with Crippen molar-refractivity contribution in [3.8, 4) is 16.9 Å². The Labute approximate surface area is 175 Å². The highest BCUT2D eigenvalue weighted by atomic mass is 32.2. The topological polar surface area (TPSA) is 104 Å². The van der Waals surface area contributed by atoms with Crippen LogP contribution in [0, 0.1) is 0 Å². The van der Waals surface area contributed by atoms with Gasteiger partial charge in [-0.3, -0.25) is 4.18 Å². The molecule has 0 unspecified atom stereocenters. The first-order chi connectivity index (χ1) is 14.6. The Balaban J connectivity index is 1.67. The molecule has 0 bridgehead atoms. The van der Waals surface area contributed by atoms with E-state index in [4.69, 9.17) is 13.9 Å². The SMILES string of the molecule is CCOC(=O)c1occc1-c1cccc(OCc2cccc(NCO[SH](=O)=O)c2)c1. The molecule has 3 rings (SSSR count). The molecule has 0 aliphatic carbocycles. The normalized spacial score (nSPS) is 10.7. The van der Waals surface area contributed by atoms with Crippen LogP contribution in [0.1, 0.15) is 23.0 Å². The van der Waals surface area contributed by atoms with Gasteiger partial charge in [0.1, 0.15) is 19.1 Å². The molecule has 1 aromatic heterocycles. The fourth-order valence-corrected chi connectivity index (χ4v) is 2.92. The number of esters is 1. The van der Waals surface area contributed by atoms with Crippen molar-refractivity contribution in [1.29, 1.82) is 0 Å². The lowest BCUT2D eigenvalue weighted by molar-refractivity contribution is 0.0491. The highest BCUT2D eigenvalue weighted by molar-refractivity contribution is 7.67. The van der Waals surface area contributed by atoms with E-state index in [1.165, 1.54) is 6.26 Å². The van der Waals surface area contributed by atoms with E-state index in [0.717, 1.165) is 11.1 Å². The summed E-state index contributed by atoms with van der Waals surface area (Å²) < 4.78 is 41.6. The van der Waals surface area contributed by atoms with Gasteiger partial charge < -0.3 is 19.2 Å². The van der Waals surface area contributed by atoms with Gasteiger partial charge >= 0.3 is 5.97 Å². The molecule has 0 amide bonds. The molecule has 0 aliphatic heterocycles. The van der Waals surface area contributed by atoms with Crippen LogP contribution in [0.3, 0.4) is 0 Å². The molecule has 30 heavy (non-hydrogen) atoms. The van der Waals surface area contributed by atoms with Crippen LogP contribution in [-0.2, 0) is 26.5 Å². The van der Waals surface area contributed by atoms with E-state index in [9.17, 15) is 13.2 Å². The Kier molecular flexibility index (Phi) is 7.47. The Morgan fingerprint density at radius 2 is 1.93 bits per heavy atom. The molecule has 0 aliphatic rings. The second-order valence-corrected chi connectivity index (χ2v) is 6.78. The van der Waals surface area contributed by atoms with Crippen molar-refractivity contribution in [2.75, 3.05) is 18.7 Å². The van der Waals surface area contributed by atoms with E-state index in [0.29, 0.717) is 23.6 Å². The number of benzene rings is 2. The number of hydrogen-bond acceptors (Lipinski definition) is 8. The third-order valence-electron chi connectivity index (χ3n) is 4.05. The molecule has 1 heterocycles. The number of anilines is 1. The van der Waals surface area contributed by atoms with Crippen LogP contribution in [-0.4, -0.2) is 27.7 Å². The average molecular weight is 431 g/mol. The van der Waals surface area contributed by atoms with Crippen LogP contribution >= 0.6 is 0 Å². The summed E-state index contributed by atoms with van der Waals surface area (Å²) in [6, 6.07) is 16.4. The van der Waals surface area contributed by atoms with Gasteiger partial charge in [0.25, 0.3) is 11.0 Å². The zero-order valence-electron chi connectivity index (χ0n) is 16.2. The van der Waals surface area contributed by atoms with Crippen molar-refractivity contribution < 1.29 is 31.3 Å². The molecule has 0 atom stereocenters. The Morgan fingerprint density at radius 3 is 2.73 bits per heavy atom. The first-order valence-corrected chi connectivity index (χ1v) is 10.2. The highest BCUT2D eigenvalue weighted by Gasteiger charge is 2.18. The fraction of sp³-hybridized carbons (Fsp3) is 0.190. The number of carbonyl (C=O) groups excluding carboxylic acids is 1. The monoisotopic (exact) mass is 431 g/mol. The van der Waals surface area contributed by atoms with Gasteiger partial charge in [-0.1, -0.05) is 24.3 Å². The maximum absolute atomic E-state index is 12.0. The zero-order chi connectivity index (χ0) is 21.3. The van der Waals surface area contributed by atoms with Crippen molar-refractivity contribution in [3.05, 3.63) is 72.2 Å². The van der Waals surface area contributed by atoms with Crippen molar-refractivity contribution in [3.63, 3.8) is 0 Å². The minimum Gasteiger partial charge on any atom is -0.489 e. The number of nitrogens with one attached hydrogen (secondary N) is 1. The minimum atomic E-state index is -2.89. The average Bonchev–Trinajstić information content (AvgIpc) is 3.23. The number of ether oxygens (including phenoxy) is 2. The van der Waals surface area contributed by atoms with Gasteiger partial charge in [-0.2, -0.15) is 0 Å².